The minimum Gasteiger partial charge on any atom is -0.463 e. The zero-order valence-corrected chi connectivity index (χ0v) is 15.8. The SMILES string of the molecule is CCOC(=O)C1=C(C=O)NC(CF)=C(C(=O)OCC)C1c1cccc([N+](=O)[O-])c1. The Hall–Kier alpha value is -3.56. The van der Waals surface area contributed by atoms with Gasteiger partial charge in [-0.2, -0.15) is 0 Å². The molecule has 1 atom stereocenters. The van der Waals surface area contributed by atoms with Crippen LogP contribution in [-0.4, -0.2) is 43.0 Å². The van der Waals surface area contributed by atoms with Crippen molar-refractivity contribution in [2.45, 2.75) is 19.8 Å². The summed E-state index contributed by atoms with van der Waals surface area (Å²) in [6.07, 6.45) is 0.300. The van der Waals surface area contributed by atoms with E-state index in [1.165, 1.54) is 18.2 Å². The number of benzene rings is 1. The number of aldehydes is 1. The lowest BCUT2D eigenvalue weighted by atomic mass is 9.80. The maximum Gasteiger partial charge on any atom is 0.337 e. The van der Waals surface area contributed by atoms with Gasteiger partial charge in [0.05, 0.1) is 46.6 Å². The highest BCUT2D eigenvalue weighted by Crippen LogP contribution is 2.40. The molecule has 0 radical (unpaired) electrons. The summed E-state index contributed by atoms with van der Waals surface area (Å²) < 4.78 is 23.7. The Bertz CT molecular complexity index is 908. The maximum absolute atomic E-state index is 13.7. The van der Waals surface area contributed by atoms with Crippen LogP contribution in [0.25, 0.3) is 0 Å². The van der Waals surface area contributed by atoms with Gasteiger partial charge in [0, 0.05) is 12.1 Å². The molecule has 0 saturated heterocycles. The molecule has 1 aromatic carbocycles. The smallest absolute Gasteiger partial charge is 0.337 e. The van der Waals surface area contributed by atoms with Gasteiger partial charge in [0.1, 0.15) is 6.67 Å². The molecule has 29 heavy (non-hydrogen) atoms. The van der Waals surface area contributed by atoms with E-state index < -0.39 is 29.5 Å². The maximum atomic E-state index is 13.7. The molecule has 0 amide bonds. The predicted molar refractivity (Wildman–Crippen MR) is 98.3 cm³/mol. The molecule has 1 aliphatic rings. The highest BCUT2D eigenvalue weighted by molar-refractivity contribution is 6.03. The predicted octanol–water partition coefficient (Wildman–Crippen LogP) is 2.08. The van der Waals surface area contributed by atoms with Gasteiger partial charge in [-0.25, -0.2) is 14.0 Å². The van der Waals surface area contributed by atoms with E-state index in [0.29, 0.717) is 6.29 Å². The number of nitro benzene ring substituents is 1. The molecule has 0 saturated carbocycles. The van der Waals surface area contributed by atoms with Crippen molar-refractivity contribution in [2.75, 3.05) is 19.9 Å². The molecule has 0 aliphatic carbocycles. The molecule has 1 aliphatic heterocycles. The molecule has 0 fully saturated rings. The summed E-state index contributed by atoms with van der Waals surface area (Å²) in [6.45, 7) is 1.89. The Labute approximate surface area is 165 Å². The van der Waals surface area contributed by atoms with Crippen LogP contribution >= 0.6 is 0 Å². The van der Waals surface area contributed by atoms with Crippen LogP contribution in [-0.2, 0) is 23.9 Å². The van der Waals surface area contributed by atoms with Crippen LogP contribution in [0.4, 0.5) is 10.1 Å². The Morgan fingerprint density at radius 2 is 1.83 bits per heavy atom. The molecule has 1 N–H and O–H groups in total. The average molecular weight is 406 g/mol. The van der Waals surface area contributed by atoms with Crippen molar-refractivity contribution in [3.63, 3.8) is 0 Å². The van der Waals surface area contributed by atoms with Crippen LogP contribution in [0.15, 0.2) is 46.8 Å². The number of carbonyl (C=O) groups is 3. The number of nitrogens with one attached hydrogen (secondary N) is 1. The van der Waals surface area contributed by atoms with E-state index in [-0.39, 0.29) is 47.0 Å². The first kappa shape index (κ1) is 21.7. The largest absolute Gasteiger partial charge is 0.463 e. The number of halogens is 1. The minimum absolute atomic E-state index is 0.0233. The van der Waals surface area contributed by atoms with Gasteiger partial charge in [-0.3, -0.25) is 14.9 Å². The number of carbonyl (C=O) groups excluding carboxylic acids is 3. The number of esters is 2. The Morgan fingerprint density at radius 3 is 2.34 bits per heavy atom. The third kappa shape index (κ3) is 4.48. The average Bonchev–Trinajstić information content (AvgIpc) is 2.72. The summed E-state index contributed by atoms with van der Waals surface area (Å²) in [5.74, 6) is -3.13. The summed E-state index contributed by atoms with van der Waals surface area (Å²) in [7, 11) is 0. The lowest BCUT2D eigenvalue weighted by Gasteiger charge is -2.30. The lowest BCUT2D eigenvalue weighted by molar-refractivity contribution is -0.384. The number of nitrogens with zero attached hydrogens (tertiary/aromatic N) is 1. The van der Waals surface area contributed by atoms with Gasteiger partial charge in [0.25, 0.3) is 5.69 Å². The standard InChI is InChI=1S/C19H19FN2O7/c1-3-28-18(24)16-13(9-20)21-14(10-23)17(19(25)29-4-2)15(16)11-6-5-7-12(8-11)22(26)27/h5-8,10,15,21H,3-4,9H2,1-2H3. The Balaban J connectivity index is 2.80. The first-order chi connectivity index (χ1) is 13.9. The van der Waals surface area contributed by atoms with Crippen molar-refractivity contribution < 1.29 is 33.2 Å². The summed E-state index contributed by atoms with van der Waals surface area (Å²) >= 11 is 0. The number of allylic oxidation sites excluding steroid dienone is 2. The number of non-ortho nitro benzene ring substituents is 1. The lowest BCUT2D eigenvalue weighted by Crippen LogP contribution is -2.35. The normalized spacial score (nSPS) is 16.2. The first-order valence-corrected chi connectivity index (χ1v) is 8.73. The van der Waals surface area contributed by atoms with E-state index in [0.717, 1.165) is 6.07 Å². The molecule has 10 heteroatoms. The molecule has 1 unspecified atom stereocenters. The van der Waals surface area contributed by atoms with Gasteiger partial charge in [-0.15, -0.1) is 0 Å². The second-order valence-corrected chi connectivity index (χ2v) is 5.82. The summed E-state index contributed by atoms with van der Waals surface area (Å²) in [5.41, 5.74) is -1.25. The van der Waals surface area contributed by atoms with Crippen LogP contribution < -0.4 is 5.32 Å². The molecule has 9 nitrogen and oxygen atoms in total. The zero-order valence-electron chi connectivity index (χ0n) is 15.8. The van der Waals surface area contributed by atoms with Crippen LogP contribution in [0.5, 0.6) is 0 Å². The quantitative estimate of drug-likeness (QED) is 0.301. The van der Waals surface area contributed by atoms with Gasteiger partial charge < -0.3 is 14.8 Å². The van der Waals surface area contributed by atoms with Gasteiger partial charge in [-0.05, 0) is 19.4 Å². The van der Waals surface area contributed by atoms with Crippen LogP contribution in [0, 0.1) is 10.1 Å². The summed E-state index contributed by atoms with van der Waals surface area (Å²) in [5, 5.41) is 13.6. The number of hydrogen-bond donors (Lipinski definition) is 1. The second-order valence-electron chi connectivity index (χ2n) is 5.82. The number of nitro groups is 1. The monoisotopic (exact) mass is 406 g/mol. The topological polar surface area (TPSA) is 125 Å². The molecule has 1 heterocycles. The highest BCUT2D eigenvalue weighted by atomic mass is 19.1. The molecule has 0 spiro atoms. The van der Waals surface area contributed by atoms with Gasteiger partial charge >= 0.3 is 11.9 Å². The van der Waals surface area contributed by atoms with Crippen molar-refractivity contribution in [1.82, 2.24) is 5.32 Å². The van der Waals surface area contributed by atoms with Crippen LogP contribution in [0.3, 0.4) is 0 Å². The zero-order chi connectivity index (χ0) is 21.6. The molecule has 154 valence electrons. The van der Waals surface area contributed by atoms with Crippen molar-refractivity contribution in [1.29, 1.82) is 0 Å². The summed E-state index contributed by atoms with van der Waals surface area (Å²) in [6, 6.07) is 5.16. The third-order valence-electron chi connectivity index (χ3n) is 4.13. The van der Waals surface area contributed by atoms with Gasteiger partial charge in [0.2, 0.25) is 0 Å². The molecule has 2 rings (SSSR count). The van der Waals surface area contributed by atoms with Crippen LogP contribution in [0.1, 0.15) is 25.3 Å². The number of hydrogen-bond acceptors (Lipinski definition) is 8. The highest BCUT2D eigenvalue weighted by Gasteiger charge is 2.40. The van der Waals surface area contributed by atoms with E-state index in [9.17, 15) is 28.9 Å². The third-order valence-corrected chi connectivity index (χ3v) is 4.13. The number of rotatable bonds is 8. The van der Waals surface area contributed by atoms with Crippen molar-refractivity contribution >= 4 is 23.9 Å². The molecule has 0 bridgehead atoms. The van der Waals surface area contributed by atoms with Crippen LogP contribution in [0.2, 0.25) is 0 Å². The van der Waals surface area contributed by atoms with Gasteiger partial charge in [0.15, 0.2) is 6.29 Å². The number of alkyl halides is 1. The molecular formula is C19H19FN2O7. The number of ether oxygens (including phenoxy) is 2. The van der Waals surface area contributed by atoms with E-state index in [1.807, 2.05) is 0 Å². The molecule has 1 aromatic rings. The van der Waals surface area contributed by atoms with E-state index in [4.69, 9.17) is 9.47 Å². The van der Waals surface area contributed by atoms with E-state index in [2.05, 4.69) is 5.32 Å². The van der Waals surface area contributed by atoms with Crippen molar-refractivity contribution in [2.24, 2.45) is 0 Å². The van der Waals surface area contributed by atoms with Crippen molar-refractivity contribution in [3.05, 3.63) is 62.5 Å². The van der Waals surface area contributed by atoms with E-state index >= 15 is 0 Å². The molecule has 0 aromatic heterocycles. The van der Waals surface area contributed by atoms with Gasteiger partial charge in [-0.1, -0.05) is 12.1 Å². The Morgan fingerprint density at radius 1 is 1.21 bits per heavy atom. The fourth-order valence-corrected chi connectivity index (χ4v) is 3.01. The minimum atomic E-state index is -1.29. The fourth-order valence-electron chi connectivity index (χ4n) is 3.01. The fraction of sp³-hybridized carbons (Fsp3) is 0.316. The number of dihydropyridines is 1. The van der Waals surface area contributed by atoms with Crippen molar-refractivity contribution in [3.8, 4) is 0 Å². The first-order valence-electron chi connectivity index (χ1n) is 8.73. The van der Waals surface area contributed by atoms with E-state index in [1.54, 1.807) is 13.8 Å². The second kappa shape index (κ2) is 9.58. The molecular weight excluding hydrogens is 387 g/mol. The Kier molecular flexibility index (Phi) is 7.18. The summed E-state index contributed by atoms with van der Waals surface area (Å²) in [4.78, 5) is 47.3.